The van der Waals surface area contributed by atoms with Crippen molar-refractivity contribution in [3.05, 3.63) is 94.3 Å². The maximum absolute atomic E-state index is 13.3. The fraction of sp³-hybridized carbons (Fsp3) is 0.172. The van der Waals surface area contributed by atoms with Gasteiger partial charge in [0.05, 0.1) is 30.4 Å². The quantitative estimate of drug-likeness (QED) is 0.273. The third kappa shape index (κ3) is 5.49. The predicted octanol–water partition coefficient (Wildman–Crippen LogP) is 5.10. The number of anilines is 1. The number of urea groups is 1. The lowest BCUT2D eigenvalue weighted by Crippen LogP contribution is -2.28. The van der Waals surface area contributed by atoms with Gasteiger partial charge in [-0.15, -0.1) is 0 Å². The molecule has 5 rings (SSSR count). The minimum absolute atomic E-state index is 0.182. The van der Waals surface area contributed by atoms with E-state index >= 15 is 0 Å². The maximum atomic E-state index is 13.3. The van der Waals surface area contributed by atoms with Crippen molar-refractivity contribution >= 4 is 23.0 Å². The number of halogens is 1. The second-order valence-electron chi connectivity index (χ2n) is 9.01. The highest BCUT2D eigenvalue weighted by Gasteiger charge is 2.16. The van der Waals surface area contributed by atoms with Crippen molar-refractivity contribution in [2.75, 3.05) is 19.0 Å². The van der Waals surface area contributed by atoms with Gasteiger partial charge in [-0.25, -0.2) is 14.2 Å². The standard InChI is InChI=1S/C29H27FN6O3/c1-4-31-29(38)35-28-33-25-13-20(12-23(27(25)34-28)24-15-22(39-3)9-10-32-24)19-11-17(2)36(26(37)14-19)16-18-5-7-21(30)8-6-18/h5-15H,4,16H2,1-3H3,(H3,31,33,34,35,38). The SMILES string of the molecule is CCNC(=O)Nc1nc2c(-c3cc(OC)ccn3)cc(-c3cc(C)n(Cc4ccc(F)cc4)c(=O)c3)cc2[nH]1. The van der Waals surface area contributed by atoms with Crippen LogP contribution in [0.1, 0.15) is 18.2 Å². The summed E-state index contributed by atoms with van der Waals surface area (Å²) in [7, 11) is 1.58. The molecule has 3 heterocycles. The summed E-state index contributed by atoms with van der Waals surface area (Å²) in [4.78, 5) is 37.6. The summed E-state index contributed by atoms with van der Waals surface area (Å²) in [6.07, 6.45) is 1.65. The molecule has 0 unspecified atom stereocenters. The number of hydrogen-bond acceptors (Lipinski definition) is 5. The van der Waals surface area contributed by atoms with Gasteiger partial charge in [0.15, 0.2) is 0 Å². The third-order valence-corrected chi connectivity index (χ3v) is 6.32. The Morgan fingerprint density at radius 2 is 1.85 bits per heavy atom. The van der Waals surface area contributed by atoms with Crippen molar-refractivity contribution < 1.29 is 13.9 Å². The lowest BCUT2D eigenvalue weighted by atomic mass is 9.99. The number of rotatable bonds is 7. The first-order valence-corrected chi connectivity index (χ1v) is 12.4. The molecule has 0 aliphatic carbocycles. The molecule has 10 heteroatoms. The van der Waals surface area contributed by atoms with Gasteiger partial charge in [0.1, 0.15) is 11.6 Å². The number of H-pyrrole nitrogens is 1. The monoisotopic (exact) mass is 526 g/mol. The van der Waals surface area contributed by atoms with E-state index in [0.717, 1.165) is 16.8 Å². The third-order valence-electron chi connectivity index (χ3n) is 6.32. The maximum Gasteiger partial charge on any atom is 0.321 e. The van der Waals surface area contributed by atoms with E-state index in [1.165, 1.54) is 12.1 Å². The zero-order valence-corrected chi connectivity index (χ0v) is 21.7. The Hall–Kier alpha value is -4.99. The van der Waals surface area contributed by atoms with E-state index in [4.69, 9.17) is 4.74 Å². The average molecular weight is 527 g/mol. The highest BCUT2D eigenvalue weighted by Crippen LogP contribution is 2.34. The molecule has 3 aromatic heterocycles. The summed E-state index contributed by atoms with van der Waals surface area (Å²) in [5, 5.41) is 5.39. The number of aryl methyl sites for hydroxylation is 1. The molecule has 0 aliphatic rings. The number of nitrogens with one attached hydrogen (secondary N) is 3. The second kappa shape index (κ2) is 10.8. The minimum Gasteiger partial charge on any atom is -0.497 e. The van der Waals surface area contributed by atoms with E-state index in [-0.39, 0.29) is 23.4 Å². The van der Waals surface area contributed by atoms with Crippen LogP contribution in [0.5, 0.6) is 5.75 Å². The molecule has 0 spiro atoms. The van der Waals surface area contributed by atoms with E-state index in [0.29, 0.717) is 46.7 Å². The lowest BCUT2D eigenvalue weighted by Gasteiger charge is -2.13. The molecule has 0 radical (unpaired) electrons. The Morgan fingerprint density at radius 1 is 1.08 bits per heavy atom. The van der Waals surface area contributed by atoms with Gasteiger partial charge < -0.3 is 19.6 Å². The number of nitrogens with zero attached hydrogens (tertiary/aromatic N) is 3. The number of fused-ring (bicyclic) bond motifs is 1. The van der Waals surface area contributed by atoms with Gasteiger partial charge in [0, 0.05) is 36.1 Å². The summed E-state index contributed by atoms with van der Waals surface area (Å²) in [5.74, 6) is 0.593. The van der Waals surface area contributed by atoms with E-state index in [1.807, 2.05) is 32.0 Å². The molecular weight excluding hydrogens is 499 g/mol. The van der Waals surface area contributed by atoms with Crippen molar-refractivity contribution in [3.63, 3.8) is 0 Å². The van der Waals surface area contributed by atoms with Crippen molar-refractivity contribution in [2.45, 2.75) is 20.4 Å². The van der Waals surface area contributed by atoms with Gasteiger partial charge >= 0.3 is 6.03 Å². The van der Waals surface area contributed by atoms with Crippen molar-refractivity contribution in [1.29, 1.82) is 0 Å². The van der Waals surface area contributed by atoms with Crippen molar-refractivity contribution in [2.24, 2.45) is 0 Å². The summed E-state index contributed by atoms with van der Waals surface area (Å²) in [5.41, 5.74) is 5.47. The van der Waals surface area contributed by atoms with E-state index in [9.17, 15) is 14.0 Å². The summed E-state index contributed by atoms with van der Waals surface area (Å²) in [6.45, 7) is 4.49. The summed E-state index contributed by atoms with van der Waals surface area (Å²) < 4.78 is 20.4. The highest BCUT2D eigenvalue weighted by atomic mass is 19.1. The Morgan fingerprint density at radius 3 is 2.56 bits per heavy atom. The van der Waals surface area contributed by atoms with Crippen LogP contribution in [0, 0.1) is 12.7 Å². The number of pyridine rings is 2. The van der Waals surface area contributed by atoms with Gasteiger partial charge in [-0.2, -0.15) is 0 Å². The fourth-order valence-electron chi connectivity index (χ4n) is 4.41. The number of imidazole rings is 1. The topological polar surface area (TPSA) is 114 Å². The number of carbonyl (C=O) groups is 1. The zero-order chi connectivity index (χ0) is 27.5. The van der Waals surface area contributed by atoms with E-state index in [1.54, 1.807) is 48.2 Å². The van der Waals surface area contributed by atoms with Crippen molar-refractivity contribution in [1.82, 2.24) is 24.8 Å². The molecule has 5 aromatic rings. The number of amides is 2. The summed E-state index contributed by atoms with van der Waals surface area (Å²) >= 11 is 0. The number of carbonyl (C=O) groups excluding carboxylic acids is 1. The van der Waals surface area contributed by atoms with Crippen LogP contribution in [0.3, 0.4) is 0 Å². The van der Waals surface area contributed by atoms with Gasteiger partial charge in [0.2, 0.25) is 5.95 Å². The molecule has 0 saturated carbocycles. The number of aromatic amines is 1. The molecule has 0 saturated heterocycles. The van der Waals surface area contributed by atoms with Gasteiger partial charge in [-0.1, -0.05) is 12.1 Å². The zero-order valence-electron chi connectivity index (χ0n) is 21.7. The van der Waals surface area contributed by atoms with Gasteiger partial charge in [-0.05, 0) is 66.9 Å². The number of hydrogen-bond donors (Lipinski definition) is 3. The Bertz CT molecular complexity index is 1730. The smallest absolute Gasteiger partial charge is 0.321 e. The highest BCUT2D eigenvalue weighted by molar-refractivity contribution is 5.98. The van der Waals surface area contributed by atoms with E-state index < -0.39 is 0 Å². The molecule has 0 aliphatic heterocycles. The van der Waals surface area contributed by atoms with Gasteiger partial charge in [0.25, 0.3) is 5.56 Å². The van der Waals surface area contributed by atoms with E-state index in [2.05, 4.69) is 25.6 Å². The Kier molecular flexibility index (Phi) is 7.09. The van der Waals surface area contributed by atoms with Gasteiger partial charge in [-0.3, -0.25) is 15.1 Å². The average Bonchev–Trinajstić information content (AvgIpc) is 3.33. The largest absolute Gasteiger partial charge is 0.497 e. The first-order chi connectivity index (χ1) is 18.8. The molecule has 0 atom stereocenters. The first kappa shape index (κ1) is 25.7. The predicted molar refractivity (Wildman–Crippen MR) is 149 cm³/mol. The summed E-state index contributed by atoms with van der Waals surface area (Å²) in [6, 6.07) is 16.6. The molecule has 9 nitrogen and oxygen atoms in total. The van der Waals surface area contributed by atoms with Crippen LogP contribution >= 0.6 is 0 Å². The van der Waals surface area contributed by atoms with Crippen LogP contribution < -0.4 is 20.9 Å². The molecule has 2 aromatic carbocycles. The minimum atomic E-state index is -0.377. The molecule has 198 valence electrons. The van der Waals surface area contributed by atoms with Crippen LogP contribution in [0.2, 0.25) is 0 Å². The molecule has 0 bridgehead atoms. The Labute approximate surface area is 223 Å². The molecule has 39 heavy (non-hydrogen) atoms. The van der Waals surface area contributed by atoms with Crippen LogP contribution in [0.4, 0.5) is 15.1 Å². The fourth-order valence-corrected chi connectivity index (χ4v) is 4.41. The number of methoxy groups -OCH3 is 1. The molecular formula is C29H27FN6O3. The molecule has 3 N–H and O–H groups in total. The first-order valence-electron chi connectivity index (χ1n) is 12.4. The molecule has 0 fully saturated rings. The van der Waals surface area contributed by atoms with Crippen LogP contribution in [0.15, 0.2) is 71.7 Å². The number of ether oxygens (including phenoxy) is 1. The Balaban J connectivity index is 1.61. The van der Waals surface area contributed by atoms with Crippen LogP contribution in [0.25, 0.3) is 33.4 Å². The van der Waals surface area contributed by atoms with Crippen LogP contribution in [-0.4, -0.2) is 39.2 Å². The lowest BCUT2D eigenvalue weighted by molar-refractivity contribution is 0.252. The normalized spacial score (nSPS) is 11.0. The van der Waals surface area contributed by atoms with Crippen molar-refractivity contribution in [3.8, 4) is 28.1 Å². The number of benzene rings is 2. The molecule has 2 amide bonds. The number of aromatic nitrogens is 4. The second-order valence-corrected chi connectivity index (χ2v) is 9.01. The van der Waals surface area contributed by atoms with Crippen LogP contribution in [-0.2, 0) is 6.54 Å².